The van der Waals surface area contributed by atoms with Crippen LogP contribution in [0.4, 0.5) is 0 Å². The molecule has 0 saturated carbocycles. The van der Waals surface area contributed by atoms with Crippen LogP contribution in [0.5, 0.6) is 0 Å². The van der Waals surface area contributed by atoms with Crippen LogP contribution >= 0.6 is 11.3 Å². The van der Waals surface area contributed by atoms with Gasteiger partial charge in [0.1, 0.15) is 9.88 Å². The van der Waals surface area contributed by atoms with Gasteiger partial charge in [0, 0.05) is 37.4 Å². The lowest BCUT2D eigenvalue weighted by molar-refractivity contribution is 0.0588. The monoisotopic (exact) mass is 333 g/mol. The molecule has 2 aromatic heterocycles. The number of amides is 1. The Labute approximate surface area is 140 Å². The highest BCUT2D eigenvalue weighted by Gasteiger charge is 2.31. The number of hydrogen-bond donors (Lipinski definition) is 1. The minimum Gasteiger partial charge on any atom is -0.333 e. The highest BCUT2D eigenvalue weighted by atomic mass is 32.1. The van der Waals surface area contributed by atoms with E-state index >= 15 is 0 Å². The molecule has 3 heterocycles. The molecule has 0 radical (unpaired) electrons. The number of aryl methyl sites for hydroxylation is 2. The van der Waals surface area contributed by atoms with Crippen LogP contribution in [0.15, 0.2) is 12.4 Å². The van der Waals surface area contributed by atoms with Crippen molar-refractivity contribution in [2.24, 2.45) is 12.8 Å². The SMILES string of the molecule is Cc1nc(-c2cnn(C)c2)sc1C(=O)N1CCCCC1C(C)N. The van der Waals surface area contributed by atoms with E-state index in [0.29, 0.717) is 0 Å². The van der Waals surface area contributed by atoms with Crippen LogP contribution in [0.2, 0.25) is 0 Å². The summed E-state index contributed by atoms with van der Waals surface area (Å²) in [5.41, 5.74) is 7.82. The van der Waals surface area contributed by atoms with Crippen molar-refractivity contribution in [2.75, 3.05) is 6.54 Å². The van der Waals surface area contributed by atoms with Gasteiger partial charge in [-0.05, 0) is 33.1 Å². The smallest absolute Gasteiger partial charge is 0.266 e. The average molecular weight is 333 g/mol. The van der Waals surface area contributed by atoms with Crippen molar-refractivity contribution in [1.29, 1.82) is 0 Å². The Balaban J connectivity index is 1.88. The minimum absolute atomic E-state index is 0.00901. The minimum atomic E-state index is -0.00901. The second-order valence-corrected chi connectivity index (χ2v) is 7.26. The van der Waals surface area contributed by atoms with Crippen LogP contribution in [0.3, 0.4) is 0 Å². The molecule has 124 valence electrons. The number of piperidine rings is 1. The highest BCUT2D eigenvalue weighted by Crippen LogP contribution is 2.30. The van der Waals surface area contributed by atoms with Gasteiger partial charge in [0.15, 0.2) is 0 Å². The zero-order valence-corrected chi connectivity index (χ0v) is 14.6. The fourth-order valence-electron chi connectivity index (χ4n) is 3.14. The zero-order valence-electron chi connectivity index (χ0n) is 13.8. The number of rotatable bonds is 3. The summed E-state index contributed by atoms with van der Waals surface area (Å²) in [5.74, 6) is 0.0668. The zero-order chi connectivity index (χ0) is 16.6. The molecule has 1 amide bonds. The average Bonchev–Trinajstić information content (AvgIpc) is 3.12. The van der Waals surface area contributed by atoms with Crippen molar-refractivity contribution >= 4 is 17.2 Å². The molecule has 0 spiro atoms. The first kappa shape index (κ1) is 16.1. The second kappa shape index (κ2) is 6.41. The van der Waals surface area contributed by atoms with Crippen molar-refractivity contribution in [3.63, 3.8) is 0 Å². The molecule has 6 nitrogen and oxygen atoms in total. The fraction of sp³-hybridized carbons (Fsp3) is 0.562. The van der Waals surface area contributed by atoms with Crippen LogP contribution in [0.25, 0.3) is 10.6 Å². The molecule has 0 aliphatic carbocycles. The van der Waals surface area contributed by atoms with E-state index in [0.717, 1.165) is 46.9 Å². The highest BCUT2D eigenvalue weighted by molar-refractivity contribution is 7.17. The molecular formula is C16H23N5OS. The molecule has 2 unspecified atom stereocenters. The molecule has 2 N–H and O–H groups in total. The van der Waals surface area contributed by atoms with Crippen LogP contribution in [0.1, 0.15) is 41.6 Å². The Morgan fingerprint density at radius 2 is 2.26 bits per heavy atom. The van der Waals surface area contributed by atoms with Gasteiger partial charge in [-0.25, -0.2) is 4.98 Å². The Kier molecular flexibility index (Phi) is 4.50. The van der Waals surface area contributed by atoms with E-state index in [1.165, 1.54) is 11.3 Å². The molecule has 1 fully saturated rings. The van der Waals surface area contributed by atoms with Gasteiger partial charge >= 0.3 is 0 Å². The van der Waals surface area contributed by atoms with Gasteiger partial charge in [-0.15, -0.1) is 11.3 Å². The number of nitrogens with zero attached hydrogens (tertiary/aromatic N) is 4. The summed E-state index contributed by atoms with van der Waals surface area (Å²) in [6, 6.07) is 0.116. The molecular weight excluding hydrogens is 310 g/mol. The van der Waals surface area contributed by atoms with Crippen LogP contribution in [-0.4, -0.2) is 44.2 Å². The molecule has 23 heavy (non-hydrogen) atoms. The van der Waals surface area contributed by atoms with Gasteiger partial charge in [-0.3, -0.25) is 9.48 Å². The predicted molar refractivity (Wildman–Crippen MR) is 91.4 cm³/mol. The number of thiazole rings is 1. The van der Waals surface area contributed by atoms with E-state index < -0.39 is 0 Å². The first-order valence-electron chi connectivity index (χ1n) is 8.00. The third kappa shape index (κ3) is 3.16. The summed E-state index contributed by atoms with van der Waals surface area (Å²) in [5, 5.41) is 5.01. The second-order valence-electron chi connectivity index (χ2n) is 6.26. The Bertz CT molecular complexity index is 705. The van der Waals surface area contributed by atoms with Gasteiger partial charge in [0.05, 0.1) is 11.9 Å². The number of hydrogen-bond acceptors (Lipinski definition) is 5. The maximum Gasteiger partial charge on any atom is 0.266 e. The van der Waals surface area contributed by atoms with Crippen molar-refractivity contribution in [1.82, 2.24) is 19.7 Å². The molecule has 0 bridgehead atoms. The van der Waals surface area contributed by atoms with E-state index in [-0.39, 0.29) is 18.0 Å². The Hall–Kier alpha value is -1.73. The van der Waals surface area contributed by atoms with Crippen molar-refractivity contribution in [3.8, 4) is 10.6 Å². The summed E-state index contributed by atoms with van der Waals surface area (Å²) in [4.78, 5) is 20.2. The molecule has 2 aromatic rings. The number of carbonyl (C=O) groups is 1. The third-order valence-electron chi connectivity index (χ3n) is 4.36. The van der Waals surface area contributed by atoms with E-state index in [1.807, 2.05) is 32.0 Å². The molecule has 1 aliphatic heterocycles. The van der Waals surface area contributed by atoms with Gasteiger partial charge in [0.2, 0.25) is 0 Å². The van der Waals surface area contributed by atoms with E-state index in [4.69, 9.17) is 5.73 Å². The van der Waals surface area contributed by atoms with Crippen molar-refractivity contribution < 1.29 is 4.79 Å². The van der Waals surface area contributed by atoms with E-state index in [1.54, 1.807) is 10.9 Å². The number of carbonyl (C=O) groups excluding carboxylic acids is 1. The van der Waals surface area contributed by atoms with Gasteiger partial charge in [0.25, 0.3) is 5.91 Å². The fourth-order valence-corrected chi connectivity index (χ4v) is 4.13. The van der Waals surface area contributed by atoms with Gasteiger partial charge in [-0.2, -0.15) is 5.10 Å². The first-order chi connectivity index (χ1) is 11.0. The van der Waals surface area contributed by atoms with Crippen LogP contribution in [0, 0.1) is 6.92 Å². The van der Waals surface area contributed by atoms with Crippen molar-refractivity contribution in [3.05, 3.63) is 23.0 Å². The molecule has 2 atom stereocenters. The van der Waals surface area contributed by atoms with Gasteiger partial charge in [-0.1, -0.05) is 0 Å². The summed E-state index contributed by atoms with van der Waals surface area (Å²) < 4.78 is 1.74. The maximum absolute atomic E-state index is 13.0. The summed E-state index contributed by atoms with van der Waals surface area (Å²) in [7, 11) is 1.87. The summed E-state index contributed by atoms with van der Waals surface area (Å²) >= 11 is 1.44. The number of nitrogens with two attached hydrogens (primary N) is 1. The summed E-state index contributed by atoms with van der Waals surface area (Å²) in [6.45, 7) is 4.66. The van der Waals surface area contributed by atoms with Crippen LogP contribution in [-0.2, 0) is 7.05 Å². The quantitative estimate of drug-likeness (QED) is 0.934. The lowest BCUT2D eigenvalue weighted by Crippen LogP contribution is -2.51. The lowest BCUT2D eigenvalue weighted by Gasteiger charge is -2.37. The normalized spacial score (nSPS) is 19.8. The van der Waals surface area contributed by atoms with E-state index in [9.17, 15) is 4.79 Å². The van der Waals surface area contributed by atoms with Crippen LogP contribution < -0.4 is 5.73 Å². The Morgan fingerprint density at radius 3 is 2.91 bits per heavy atom. The molecule has 3 rings (SSSR count). The Morgan fingerprint density at radius 1 is 1.48 bits per heavy atom. The number of likely N-dealkylation sites (tertiary alicyclic amines) is 1. The largest absolute Gasteiger partial charge is 0.333 e. The van der Waals surface area contributed by atoms with E-state index in [2.05, 4.69) is 10.1 Å². The lowest BCUT2D eigenvalue weighted by atomic mass is 9.96. The molecule has 1 aliphatic rings. The standard InChI is InChI=1S/C16H23N5OS/c1-10(17)13-6-4-5-7-21(13)16(22)14-11(2)19-15(23-14)12-8-18-20(3)9-12/h8-10,13H,4-7,17H2,1-3H3. The topological polar surface area (TPSA) is 77.0 Å². The summed E-state index contributed by atoms with van der Waals surface area (Å²) in [6.07, 6.45) is 6.86. The predicted octanol–water partition coefficient (Wildman–Crippen LogP) is 2.19. The molecule has 0 aromatic carbocycles. The molecule has 7 heteroatoms. The maximum atomic E-state index is 13.0. The first-order valence-corrected chi connectivity index (χ1v) is 8.82. The van der Waals surface area contributed by atoms with Crippen molar-refractivity contribution in [2.45, 2.75) is 45.2 Å². The van der Waals surface area contributed by atoms with Gasteiger partial charge < -0.3 is 10.6 Å². The molecule has 1 saturated heterocycles. The third-order valence-corrected chi connectivity index (χ3v) is 5.55. The number of aromatic nitrogens is 3.